The van der Waals surface area contributed by atoms with E-state index in [2.05, 4.69) is 10.3 Å². The number of nitrogens with zero attached hydrogens (tertiary/aromatic N) is 2. The SMILES string of the molecule is Cc1ccn2cc(C(=O)Nc3ccccc3C(N)=O)nc2c1. The summed E-state index contributed by atoms with van der Waals surface area (Å²) in [6.07, 6.45) is 3.47. The van der Waals surface area contributed by atoms with Gasteiger partial charge in [-0.25, -0.2) is 4.98 Å². The molecule has 3 aromatic rings. The predicted molar refractivity (Wildman–Crippen MR) is 82.8 cm³/mol. The van der Waals surface area contributed by atoms with Crippen molar-refractivity contribution in [3.05, 3.63) is 65.6 Å². The van der Waals surface area contributed by atoms with Gasteiger partial charge in [-0.05, 0) is 36.8 Å². The van der Waals surface area contributed by atoms with Crippen LogP contribution in [0.25, 0.3) is 5.65 Å². The van der Waals surface area contributed by atoms with Crippen molar-refractivity contribution < 1.29 is 9.59 Å². The Labute approximate surface area is 126 Å². The molecule has 2 aromatic heterocycles. The monoisotopic (exact) mass is 294 g/mol. The molecule has 0 unspecified atom stereocenters. The van der Waals surface area contributed by atoms with Crippen molar-refractivity contribution in [2.24, 2.45) is 5.73 Å². The highest BCUT2D eigenvalue weighted by Crippen LogP contribution is 2.16. The molecule has 0 saturated carbocycles. The number of hydrogen-bond acceptors (Lipinski definition) is 3. The molecule has 6 nitrogen and oxygen atoms in total. The van der Waals surface area contributed by atoms with Crippen molar-refractivity contribution in [2.75, 3.05) is 5.32 Å². The smallest absolute Gasteiger partial charge is 0.275 e. The van der Waals surface area contributed by atoms with E-state index in [9.17, 15) is 9.59 Å². The van der Waals surface area contributed by atoms with Crippen LogP contribution >= 0.6 is 0 Å². The van der Waals surface area contributed by atoms with Crippen LogP contribution in [0, 0.1) is 6.92 Å². The summed E-state index contributed by atoms with van der Waals surface area (Å²) >= 11 is 0. The van der Waals surface area contributed by atoms with E-state index in [1.807, 2.05) is 25.3 Å². The Morgan fingerprint density at radius 3 is 2.77 bits per heavy atom. The summed E-state index contributed by atoms with van der Waals surface area (Å²) in [4.78, 5) is 28.0. The molecule has 3 rings (SSSR count). The molecule has 0 spiro atoms. The van der Waals surface area contributed by atoms with E-state index in [1.165, 1.54) is 0 Å². The Hall–Kier alpha value is -3.15. The molecule has 0 atom stereocenters. The van der Waals surface area contributed by atoms with Crippen LogP contribution in [0.15, 0.2) is 48.8 Å². The highest BCUT2D eigenvalue weighted by atomic mass is 16.2. The molecule has 0 fully saturated rings. The van der Waals surface area contributed by atoms with Gasteiger partial charge in [-0.15, -0.1) is 0 Å². The number of imidazole rings is 1. The quantitative estimate of drug-likeness (QED) is 0.774. The van der Waals surface area contributed by atoms with Crippen LogP contribution in [-0.2, 0) is 0 Å². The van der Waals surface area contributed by atoms with Gasteiger partial charge in [0.05, 0.1) is 11.3 Å². The molecule has 22 heavy (non-hydrogen) atoms. The van der Waals surface area contributed by atoms with Crippen LogP contribution in [-0.4, -0.2) is 21.2 Å². The van der Waals surface area contributed by atoms with Gasteiger partial charge in [-0.2, -0.15) is 0 Å². The van der Waals surface area contributed by atoms with Gasteiger partial charge in [0.1, 0.15) is 11.3 Å². The molecule has 0 radical (unpaired) electrons. The topological polar surface area (TPSA) is 89.5 Å². The van der Waals surface area contributed by atoms with Crippen LogP contribution in [0.5, 0.6) is 0 Å². The number of amides is 2. The molecule has 2 heterocycles. The van der Waals surface area contributed by atoms with Crippen molar-refractivity contribution in [3.63, 3.8) is 0 Å². The number of benzene rings is 1. The number of carbonyl (C=O) groups excluding carboxylic acids is 2. The summed E-state index contributed by atoms with van der Waals surface area (Å²) in [5, 5.41) is 2.67. The molecule has 0 aliphatic carbocycles. The van der Waals surface area contributed by atoms with Crippen molar-refractivity contribution >= 4 is 23.1 Å². The largest absolute Gasteiger partial charge is 0.366 e. The van der Waals surface area contributed by atoms with Crippen LogP contribution in [0.2, 0.25) is 0 Å². The van der Waals surface area contributed by atoms with E-state index in [0.717, 1.165) is 5.56 Å². The van der Waals surface area contributed by atoms with Crippen LogP contribution in [0.1, 0.15) is 26.4 Å². The van der Waals surface area contributed by atoms with E-state index in [-0.39, 0.29) is 11.3 Å². The van der Waals surface area contributed by atoms with Gasteiger partial charge in [0.2, 0.25) is 0 Å². The summed E-state index contributed by atoms with van der Waals surface area (Å²) in [5.41, 5.74) is 7.94. The lowest BCUT2D eigenvalue weighted by atomic mass is 10.1. The fourth-order valence-electron chi connectivity index (χ4n) is 2.19. The van der Waals surface area contributed by atoms with Gasteiger partial charge in [-0.1, -0.05) is 12.1 Å². The third-order valence-corrected chi connectivity index (χ3v) is 3.29. The number of para-hydroxylation sites is 1. The first-order chi connectivity index (χ1) is 10.5. The van der Waals surface area contributed by atoms with E-state index in [4.69, 9.17) is 5.73 Å². The van der Waals surface area contributed by atoms with E-state index in [0.29, 0.717) is 11.3 Å². The van der Waals surface area contributed by atoms with E-state index < -0.39 is 11.8 Å². The number of pyridine rings is 1. The van der Waals surface area contributed by atoms with Gasteiger partial charge in [0, 0.05) is 12.4 Å². The Morgan fingerprint density at radius 1 is 1.23 bits per heavy atom. The molecule has 0 bridgehead atoms. The van der Waals surface area contributed by atoms with Crippen LogP contribution in [0.4, 0.5) is 5.69 Å². The zero-order valence-electron chi connectivity index (χ0n) is 11.9. The normalized spacial score (nSPS) is 10.6. The van der Waals surface area contributed by atoms with Crippen LogP contribution in [0.3, 0.4) is 0 Å². The number of hydrogen-bond donors (Lipinski definition) is 2. The van der Waals surface area contributed by atoms with E-state index >= 15 is 0 Å². The van der Waals surface area contributed by atoms with Gasteiger partial charge in [0.15, 0.2) is 0 Å². The molecular formula is C16H14N4O2. The zero-order valence-corrected chi connectivity index (χ0v) is 11.9. The summed E-state index contributed by atoms with van der Waals surface area (Å²) in [6.45, 7) is 1.96. The second-order valence-corrected chi connectivity index (χ2v) is 4.96. The second-order valence-electron chi connectivity index (χ2n) is 4.96. The van der Waals surface area contributed by atoms with Gasteiger partial charge in [-0.3, -0.25) is 9.59 Å². The first kappa shape index (κ1) is 13.8. The number of nitrogens with two attached hydrogens (primary N) is 1. The van der Waals surface area contributed by atoms with Crippen molar-refractivity contribution in [3.8, 4) is 0 Å². The summed E-state index contributed by atoms with van der Waals surface area (Å²) in [6, 6.07) is 10.4. The van der Waals surface area contributed by atoms with Gasteiger partial charge < -0.3 is 15.5 Å². The lowest BCUT2D eigenvalue weighted by molar-refractivity contribution is 0.100. The molecule has 0 aliphatic heterocycles. The first-order valence-corrected chi connectivity index (χ1v) is 6.70. The maximum absolute atomic E-state index is 12.3. The number of anilines is 1. The number of primary amides is 1. The standard InChI is InChI=1S/C16H14N4O2/c1-10-6-7-20-9-13(18-14(20)8-10)16(22)19-12-5-3-2-4-11(12)15(17)21/h2-9H,1H3,(H2,17,21)(H,19,22). The second kappa shape index (κ2) is 5.33. The zero-order chi connectivity index (χ0) is 15.7. The Morgan fingerprint density at radius 2 is 2.00 bits per heavy atom. The summed E-state index contributed by atoms with van der Waals surface area (Å²) in [7, 11) is 0. The number of carbonyl (C=O) groups is 2. The van der Waals surface area contributed by atoms with E-state index in [1.54, 1.807) is 34.9 Å². The maximum Gasteiger partial charge on any atom is 0.275 e. The molecule has 2 amide bonds. The molecule has 3 N–H and O–H groups in total. The fourth-order valence-corrected chi connectivity index (χ4v) is 2.19. The summed E-state index contributed by atoms with van der Waals surface area (Å²) < 4.78 is 1.77. The highest BCUT2D eigenvalue weighted by molar-refractivity contribution is 6.08. The Bertz CT molecular complexity index is 883. The molecule has 1 aromatic carbocycles. The lowest BCUT2D eigenvalue weighted by Gasteiger charge is -2.06. The first-order valence-electron chi connectivity index (χ1n) is 6.70. The number of fused-ring (bicyclic) bond motifs is 1. The molecule has 0 saturated heterocycles. The maximum atomic E-state index is 12.3. The average Bonchev–Trinajstić information content (AvgIpc) is 2.90. The molecule has 6 heteroatoms. The minimum absolute atomic E-state index is 0.260. The number of rotatable bonds is 3. The third-order valence-electron chi connectivity index (χ3n) is 3.29. The Kier molecular flexibility index (Phi) is 3.34. The number of aryl methyl sites for hydroxylation is 1. The number of nitrogens with one attached hydrogen (secondary N) is 1. The molecular weight excluding hydrogens is 280 g/mol. The molecule has 0 aliphatic rings. The highest BCUT2D eigenvalue weighted by Gasteiger charge is 2.14. The molecule has 110 valence electrons. The minimum Gasteiger partial charge on any atom is -0.366 e. The van der Waals surface area contributed by atoms with Crippen molar-refractivity contribution in [1.29, 1.82) is 0 Å². The van der Waals surface area contributed by atoms with Crippen molar-refractivity contribution in [2.45, 2.75) is 6.92 Å². The lowest BCUT2D eigenvalue weighted by Crippen LogP contribution is -2.18. The van der Waals surface area contributed by atoms with Gasteiger partial charge >= 0.3 is 0 Å². The third kappa shape index (κ3) is 2.54. The fraction of sp³-hybridized carbons (Fsp3) is 0.0625. The number of aromatic nitrogens is 2. The minimum atomic E-state index is -0.596. The summed E-state index contributed by atoms with van der Waals surface area (Å²) in [5.74, 6) is -0.989. The predicted octanol–water partition coefficient (Wildman–Crippen LogP) is 1.99. The Balaban J connectivity index is 1.92. The average molecular weight is 294 g/mol. The van der Waals surface area contributed by atoms with Crippen molar-refractivity contribution in [1.82, 2.24) is 9.38 Å². The van der Waals surface area contributed by atoms with Crippen LogP contribution < -0.4 is 11.1 Å². The van der Waals surface area contributed by atoms with Gasteiger partial charge in [0.25, 0.3) is 11.8 Å².